The average molecular weight is 614 g/mol. The minimum Gasteiger partial charge on any atom is -0.497 e. The predicted octanol–water partition coefficient (Wildman–Crippen LogP) is 3.99. The van der Waals surface area contributed by atoms with Gasteiger partial charge in [0.2, 0.25) is 11.8 Å². The summed E-state index contributed by atoms with van der Waals surface area (Å²) in [4.78, 5) is 28.3. The minimum atomic E-state index is -4.37. The highest BCUT2D eigenvalue weighted by Gasteiger charge is 2.33. The van der Waals surface area contributed by atoms with Gasteiger partial charge in [0.15, 0.2) is 11.5 Å². The summed E-state index contributed by atoms with van der Waals surface area (Å²) in [6.07, 6.45) is 0. The van der Waals surface area contributed by atoms with E-state index in [0.717, 1.165) is 16.4 Å². The first-order chi connectivity index (χ1) is 20.5. The normalized spacial score (nSPS) is 13.3. The molecule has 1 atom stereocenters. The highest BCUT2D eigenvalue weighted by atomic mass is 32.2. The number of benzene rings is 3. The molecule has 10 nitrogen and oxygen atoms in total. The maximum absolute atomic E-state index is 14.1. The number of carbonyl (C=O) groups is 2. The van der Waals surface area contributed by atoms with Crippen LogP contribution in [0.2, 0.25) is 0 Å². The lowest BCUT2D eigenvalue weighted by atomic mass is 10.1. The van der Waals surface area contributed by atoms with E-state index < -0.39 is 34.3 Å². The summed E-state index contributed by atoms with van der Waals surface area (Å²) in [7, 11) is -2.85. The zero-order valence-corrected chi connectivity index (χ0v) is 25.4. The second-order valence-electron chi connectivity index (χ2n) is 10.5. The Morgan fingerprint density at radius 2 is 1.67 bits per heavy atom. The Balaban J connectivity index is 1.71. The number of nitrogens with one attached hydrogen (secondary N) is 1. The summed E-state index contributed by atoms with van der Waals surface area (Å²) in [5, 5.41) is 2.85. The van der Waals surface area contributed by atoms with Gasteiger partial charge in [-0.05, 0) is 66.9 Å². The van der Waals surface area contributed by atoms with E-state index in [1.165, 1.54) is 42.3 Å². The molecule has 1 aliphatic heterocycles. The third-order valence-electron chi connectivity index (χ3n) is 6.83. The largest absolute Gasteiger partial charge is 0.497 e. The van der Waals surface area contributed by atoms with E-state index in [9.17, 15) is 22.4 Å². The molecule has 1 aliphatic rings. The van der Waals surface area contributed by atoms with Gasteiger partial charge in [-0.3, -0.25) is 13.9 Å². The molecular formula is C31H36FN3O7S. The average Bonchev–Trinajstić information content (AvgIpc) is 3.01. The van der Waals surface area contributed by atoms with E-state index in [1.54, 1.807) is 31.2 Å². The van der Waals surface area contributed by atoms with Crippen molar-refractivity contribution in [3.05, 3.63) is 78.1 Å². The van der Waals surface area contributed by atoms with E-state index in [1.807, 2.05) is 13.8 Å². The second-order valence-corrected chi connectivity index (χ2v) is 12.3. The summed E-state index contributed by atoms with van der Waals surface area (Å²) in [6, 6.07) is 15.1. The third kappa shape index (κ3) is 7.75. The molecule has 0 saturated heterocycles. The fourth-order valence-corrected chi connectivity index (χ4v) is 5.88. The standard InChI is InChI=1S/C31H36FN3O7S/c1-21(2)18-33-31(37)22(3)34(19-23-6-5-7-26(16-23)40-4)30(36)20-35(25-10-8-24(32)9-11-25)43(38,39)27-12-13-28-29(17-27)42-15-14-41-28/h5-13,16-17,21-22H,14-15,18-20H2,1-4H3,(H,33,37). The molecule has 230 valence electrons. The van der Waals surface area contributed by atoms with Crippen molar-refractivity contribution < 1.29 is 36.6 Å². The van der Waals surface area contributed by atoms with Crippen molar-refractivity contribution in [2.24, 2.45) is 5.92 Å². The first kappa shape index (κ1) is 31.6. The van der Waals surface area contributed by atoms with Gasteiger partial charge >= 0.3 is 0 Å². The summed E-state index contributed by atoms with van der Waals surface area (Å²) < 4.78 is 59.3. The number of sulfonamides is 1. The van der Waals surface area contributed by atoms with Crippen molar-refractivity contribution in [1.82, 2.24) is 10.2 Å². The quantitative estimate of drug-likeness (QED) is 0.329. The zero-order valence-electron chi connectivity index (χ0n) is 24.6. The number of carbonyl (C=O) groups excluding carboxylic acids is 2. The lowest BCUT2D eigenvalue weighted by Crippen LogP contribution is -2.51. The van der Waals surface area contributed by atoms with Crippen LogP contribution in [0.25, 0.3) is 0 Å². The first-order valence-corrected chi connectivity index (χ1v) is 15.3. The second kappa shape index (κ2) is 13.8. The smallest absolute Gasteiger partial charge is 0.264 e. The molecule has 1 heterocycles. The molecule has 0 radical (unpaired) electrons. The Morgan fingerprint density at radius 1 is 0.977 bits per heavy atom. The van der Waals surface area contributed by atoms with Crippen LogP contribution in [0.3, 0.4) is 0 Å². The SMILES string of the molecule is COc1cccc(CN(C(=O)CN(c2ccc(F)cc2)S(=O)(=O)c2ccc3c(c2)OCCO3)C(C)C(=O)NCC(C)C)c1. The van der Waals surface area contributed by atoms with Crippen LogP contribution in [0, 0.1) is 11.7 Å². The van der Waals surface area contributed by atoms with Crippen LogP contribution in [0.5, 0.6) is 17.2 Å². The Kier molecular flexibility index (Phi) is 10.1. The van der Waals surface area contributed by atoms with Crippen LogP contribution in [-0.4, -0.2) is 64.6 Å². The summed E-state index contributed by atoms with van der Waals surface area (Å²) in [5.41, 5.74) is 0.752. The molecule has 0 spiro atoms. The van der Waals surface area contributed by atoms with E-state index in [2.05, 4.69) is 5.32 Å². The van der Waals surface area contributed by atoms with Crippen molar-refractivity contribution >= 4 is 27.5 Å². The monoisotopic (exact) mass is 613 g/mol. The summed E-state index contributed by atoms with van der Waals surface area (Å²) in [5.74, 6) is -0.178. The summed E-state index contributed by atoms with van der Waals surface area (Å²) >= 11 is 0. The first-order valence-electron chi connectivity index (χ1n) is 13.9. The number of hydrogen-bond donors (Lipinski definition) is 1. The molecule has 4 rings (SSSR count). The van der Waals surface area contributed by atoms with Crippen molar-refractivity contribution in [2.45, 2.75) is 38.3 Å². The van der Waals surface area contributed by atoms with Gasteiger partial charge in [-0.15, -0.1) is 0 Å². The molecular weight excluding hydrogens is 577 g/mol. The number of rotatable bonds is 12. The number of amides is 2. The molecule has 12 heteroatoms. The predicted molar refractivity (Wildman–Crippen MR) is 159 cm³/mol. The summed E-state index contributed by atoms with van der Waals surface area (Å²) in [6.45, 7) is 5.84. The van der Waals surface area contributed by atoms with Crippen molar-refractivity contribution in [3.8, 4) is 17.2 Å². The number of methoxy groups -OCH3 is 1. The molecule has 1 N–H and O–H groups in total. The van der Waals surface area contributed by atoms with Gasteiger partial charge in [0, 0.05) is 19.2 Å². The van der Waals surface area contributed by atoms with Gasteiger partial charge in [-0.1, -0.05) is 26.0 Å². The molecule has 43 heavy (non-hydrogen) atoms. The molecule has 3 aromatic carbocycles. The van der Waals surface area contributed by atoms with Crippen LogP contribution < -0.4 is 23.8 Å². The zero-order chi connectivity index (χ0) is 31.1. The lowest BCUT2D eigenvalue weighted by Gasteiger charge is -2.32. The Labute approximate surface area is 251 Å². The van der Waals surface area contributed by atoms with Gasteiger partial charge in [0.05, 0.1) is 17.7 Å². The highest BCUT2D eigenvalue weighted by Crippen LogP contribution is 2.34. The molecule has 1 unspecified atom stereocenters. The minimum absolute atomic E-state index is 0.00757. The van der Waals surface area contributed by atoms with Crippen LogP contribution in [0.15, 0.2) is 71.6 Å². The fourth-order valence-electron chi connectivity index (χ4n) is 4.45. The molecule has 3 aromatic rings. The highest BCUT2D eigenvalue weighted by molar-refractivity contribution is 7.92. The maximum atomic E-state index is 14.1. The molecule has 2 amide bonds. The van der Waals surface area contributed by atoms with Gasteiger partial charge < -0.3 is 24.4 Å². The molecule has 0 bridgehead atoms. The number of hydrogen-bond acceptors (Lipinski definition) is 7. The third-order valence-corrected chi connectivity index (χ3v) is 8.60. The van der Waals surface area contributed by atoms with Crippen molar-refractivity contribution in [3.63, 3.8) is 0 Å². The molecule has 0 aromatic heterocycles. The van der Waals surface area contributed by atoms with Crippen LogP contribution in [0.1, 0.15) is 26.3 Å². The fraction of sp³-hybridized carbons (Fsp3) is 0.355. The van der Waals surface area contributed by atoms with E-state index in [0.29, 0.717) is 30.2 Å². The van der Waals surface area contributed by atoms with Gasteiger partial charge in [-0.25, -0.2) is 12.8 Å². The number of fused-ring (bicyclic) bond motifs is 1. The Bertz CT molecular complexity index is 1550. The van der Waals surface area contributed by atoms with Crippen LogP contribution >= 0.6 is 0 Å². The maximum Gasteiger partial charge on any atom is 0.264 e. The van der Waals surface area contributed by atoms with Crippen molar-refractivity contribution in [2.75, 3.05) is 37.7 Å². The molecule has 0 aliphatic carbocycles. The Hall–Kier alpha value is -4.32. The number of anilines is 1. The van der Waals surface area contributed by atoms with Crippen LogP contribution in [-0.2, 0) is 26.2 Å². The number of nitrogens with zero attached hydrogens (tertiary/aromatic N) is 2. The van der Waals surface area contributed by atoms with Crippen molar-refractivity contribution in [1.29, 1.82) is 0 Å². The van der Waals surface area contributed by atoms with Gasteiger partial charge in [-0.2, -0.15) is 0 Å². The van der Waals surface area contributed by atoms with E-state index >= 15 is 0 Å². The number of halogens is 1. The van der Waals surface area contributed by atoms with Crippen LogP contribution in [0.4, 0.5) is 10.1 Å². The van der Waals surface area contributed by atoms with E-state index in [4.69, 9.17) is 14.2 Å². The molecule has 0 fully saturated rings. The lowest BCUT2D eigenvalue weighted by molar-refractivity contribution is -0.139. The number of ether oxygens (including phenoxy) is 3. The Morgan fingerprint density at radius 3 is 2.35 bits per heavy atom. The van der Waals surface area contributed by atoms with Gasteiger partial charge in [0.25, 0.3) is 10.0 Å². The topological polar surface area (TPSA) is 114 Å². The van der Waals surface area contributed by atoms with E-state index in [-0.39, 0.29) is 41.3 Å². The van der Waals surface area contributed by atoms with Gasteiger partial charge in [0.1, 0.15) is 37.4 Å². The molecule has 0 saturated carbocycles.